The van der Waals surface area contributed by atoms with Gasteiger partial charge in [0.2, 0.25) is 0 Å². The molecule has 0 saturated carbocycles. The molecule has 0 aliphatic heterocycles. The number of anilines is 1. The average Bonchev–Trinajstić information content (AvgIpc) is 2.62. The third kappa shape index (κ3) is 5.50. The van der Waals surface area contributed by atoms with Gasteiger partial charge in [-0.1, -0.05) is 24.6 Å². The first-order valence-electron chi connectivity index (χ1n) is 7.96. The zero-order valence-electron chi connectivity index (χ0n) is 14.2. The maximum Gasteiger partial charge on any atom is 0.344 e. The second-order valence-corrected chi connectivity index (χ2v) is 5.81. The van der Waals surface area contributed by atoms with Crippen LogP contribution >= 0.6 is 11.6 Å². The number of benzene rings is 2. The normalized spacial score (nSPS) is 10.2. The molecule has 0 heterocycles. The van der Waals surface area contributed by atoms with E-state index in [2.05, 4.69) is 5.32 Å². The van der Waals surface area contributed by atoms with Crippen LogP contribution in [0.2, 0.25) is 5.02 Å². The SMILES string of the molecule is CCCOC(=O)COc1ccc(C(=O)Nc2cccc(Cl)c2C)cc1. The second kappa shape index (κ2) is 9.08. The fourth-order valence-electron chi connectivity index (χ4n) is 2.04. The fourth-order valence-corrected chi connectivity index (χ4v) is 2.21. The lowest BCUT2D eigenvalue weighted by Gasteiger charge is -2.10. The van der Waals surface area contributed by atoms with E-state index < -0.39 is 5.97 Å². The quantitative estimate of drug-likeness (QED) is 0.749. The van der Waals surface area contributed by atoms with Gasteiger partial charge in [0.1, 0.15) is 5.75 Å². The van der Waals surface area contributed by atoms with Crippen LogP contribution in [0.1, 0.15) is 29.3 Å². The first-order valence-corrected chi connectivity index (χ1v) is 8.34. The molecule has 0 aliphatic carbocycles. The van der Waals surface area contributed by atoms with Gasteiger partial charge in [0.15, 0.2) is 6.61 Å². The van der Waals surface area contributed by atoms with Crippen molar-refractivity contribution in [3.8, 4) is 5.75 Å². The summed E-state index contributed by atoms with van der Waals surface area (Å²) in [5, 5.41) is 3.42. The van der Waals surface area contributed by atoms with E-state index in [0.29, 0.717) is 28.6 Å². The van der Waals surface area contributed by atoms with Crippen molar-refractivity contribution in [1.82, 2.24) is 0 Å². The number of hydrogen-bond donors (Lipinski definition) is 1. The monoisotopic (exact) mass is 361 g/mol. The Labute approximate surface area is 151 Å². The molecule has 2 aromatic rings. The summed E-state index contributed by atoms with van der Waals surface area (Å²) in [4.78, 5) is 23.7. The molecule has 0 atom stereocenters. The first-order chi connectivity index (χ1) is 12.0. The van der Waals surface area contributed by atoms with Gasteiger partial charge in [0.05, 0.1) is 6.61 Å². The smallest absolute Gasteiger partial charge is 0.344 e. The van der Waals surface area contributed by atoms with Gasteiger partial charge in [-0.25, -0.2) is 4.79 Å². The topological polar surface area (TPSA) is 64.6 Å². The van der Waals surface area contributed by atoms with Gasteiger partial charge < -0.3 is 14.8 Å². The minimum atomic E-state index is -0.417. The molecule has 1 N–H and O–H groups in total. The van der Waals surface area contributed by atoms with Crippen molar-refractivity contribution in [2.75, 3.05) is 18.5 Å². The van der Waals surface area contributed by atoms with Crippen molar-refractivity contribution in [3.63, 3.8) is 0 Å². The third-order valence-electron chi connectivity index (χ3n) is 3.46. The second-order valence-electron chi connectivity index (χ2n) is 5.40. The van der Waals surface area contributed by atoms with Crippen LogP contribution in [0.4, 0.5) is 5.69 Å². The molecule has 0 saturated heterocycles. The van der Waals surface area contributed by atoms with Crippen LogP contribution in [-0.4, -0.2) is 25.1 Å². The number of rotatable bonds is 7. The van der Waals surface area contributed by atoms with Crippen LogP contribution in [0, 0.1) is 6.92 Å². The molecular weight excluding hydrogens is 342 g/mol. The number of nitrogens with one attached hydrogen (secondary N) is 1. The van der Waals surface area contributed by atoms with E-state index in [-0.39, 0.29) is 12.5 Å². The number of halogens is 1. The van der Waals surface area contributed by atoms with Crippen molar-refractivity contribution >= 4 is 29.2 Å². The zero-order chi connectivity index (χ0) is 18.2. The summed E-state index contributed by atoms with van der Waals surface area (Å²) in [5.41, 5.74) is 1.94. The molecular formula is C19H20ClNO4. The first kappa shape index (κ1) is 18.8. The van der Waals surface area contributed by atoms with Gasteiger partial charge in [-0.15, -0.1) is 0 Å². The van der Waals surface area contributed by atoms with Crippen LogP contribution in [0.5, 0.6) is 5.75 Å². The van der Waals surface area contributed by atoms with Crippen molar-refractivity contribution in [2.24, 2.45) is 0 Å². The molecule has 5 nitrogen and oxygen atoms in total. The highest BCUT2D eigenvalue weighted by Crippen LogP contribution is 2.23. The Morgan fingerprint density at radius 3 is 2.52 bits per heavy atom. The van der Waals surface area contributed by atoms with Crippen molar-refractivity contribution in [3.05, 3.63) is 58.6 Å². The summed E-state index contributed by atoms with van der Waals surface area (Å²) >= 11 is 6.05. The third-order valence-corrected chi connectivity index (χ3v) is 3.87. The predicted octanol–water partition coefficient (Wildman–Crippen LogP) is 4.23. The summed E-state index contributed by atoms with van der Waals surface area (Å²) in [6.45, 7) is 3.98. The van der Waals surface area contributed by atoms with E-state index in [1.165, 1.54) is 0 Å². The largest absolute Gasteiger partial charge is 0.482 e. The Hall–Kier alpha value is -2.53. The molecule has 0 bridgehead atoms. The van der Waals surface area contributed by atoms with Crippen LogP contribution in [0.25, 0.3) is 0 Å². The van der Waals surface area contributed by atoms with Gasteiger partial charge in [-0.3, -0.25) is 4.79 Å². The van der Waals surface area contributed by atoms with E-state index in [9.17, 15) is 9.59 Å². The van der Waals surface area contributed by atoms with Gasteiger partial charge in [-0.2, -0.15) is 0 Å². The summed E-state index contributed by atoms with van der Waals surface area (Å²) in [5.74, 6) is -0.177. The summed E-state index contributed by atoms with van der Waals surface area (Å²) < 4.78 is 10.3. The van der Waals surface area contributed by atoms with Crippen LogP contribution in [0.15, 0.2) is 42.5 Å². The standard InChI is InChI=1S/C19H20ClNO4/c1-3-11-24-18(22)12-25-15-9-7-14(8-10-15)19(23)21-17-6-4-5-16(20)13(17)2/h4-10H,3,11-12H2,1-2H3,(H,21,23). The minimum absolute atomic E-state index is 0.159. The lowest BCUT2D eigenvalue weighted by molar-refractivity contribution is -0.146. The van der Waals surface area contributed by atoms with E-state index in [1.54, 1.807) is 42.5 Å². The van der Waals surface area contributed by atoms with Crippen LogP contribution in [-0.2, 0) is 9.53 Å². The highest BCUT2D eigenvalue weighted by Gasteiger charge is 2.10. The molecule has 1 amide bonds. The number of carbonyl (C=O) groups excluding carboxylic acids is 2. The molecule has 2 rings (SSSR count). The number of carbonyl (C=O) groups is 2. The average molecular weight is 362 g/mol. The summed E-state index contributed by atoms with van der Waals surface area (Å²) in [6, 6.07) is 11.9. The lowest BCUT2D eigenvalue weighted by atomic mass is 10.1. The van der Waals surface area contributed by atoms with Gasteiger partial charge in [0, 0.05) is 16.3 Å². The van der Waals surface area contributed by atoms with Crippen molar-refractivity contribution in [2.45, 2.75) is 20.3 Å². The van der Waals surface area contributed by atoms with E-state index in [1.807, 2.05) is 13.8 Å². The number of esters is 1. The zero-order valence-corrected chi connectivity index (χ0v) is 14.9. The molecule has 2 aromatic carbocycles. The van der Waals surface area contributed by atoms with Crippen molar-refractivity contribution in [1.29, 1.82) is 0 Å². The Morgan fingerprint density at radius 1 is 1.12 bits per heavy atom. The molecule has 0 aromatic heterocycles. The Kier molecular flexibility index (Phi) is 6.83. The van der Waals surface area contributed by atoms with Crippen LogP contribution in [0.3, 0.4) is 0 Å². The lowest BCUT2D eigenvalue weighted by Crippen LogP contribution is -2.15. The molecule has 6 heteroatoms. The van der Waals surface area contributed by atoms with E-state index in [4.69, 9.17) is 21.1 Å². The van der Waals surface area contributed by atoms with E-state index >= 15 is 0 Å². The van der Waals surface area contributed by atoms with Gasteiger partial charge in [-0.05, 0) is 55.3 Å². The predicted molar refractivity (Wildman–Crippen MR) is 97.3 cm³/mol. The molecule has 0 fully saturated rings. The molecule has 0 aliphatic rings. The molecule has 0 radical (unpaired) electrons. The molecule has 25 heavy (non-hydrogen) atoms. The minimum Gasteiger partial charge on any atom is -0.482 e. The number of ether oxygens (including phenoxy) is 2. The maximum atomic E-state index is 12.3. The number of hydrogen-bond acceptors (Lipinski definition) is 4. The number of amides is 1. The van der Waals surface area contributed by atoms with Gasteiger partial charge >= 0.3 is 5.97 Å². The van der Waals surface area contributed by atoms with Crippen LogP contribution < -0.4 is 10.1 Å². The molecule has 132 valence electrons. The Morgan fingerprint density at radius 2 is 1.84 bits per heavy atom. The molecule has 0 unspecified atom stereocenters. The summed E-state index contributed by atoms with van der Waals surface area (Å²) in [6.07, 6.45) is 0.766. The van der Waals surface area contributed by atoms with E-state index in [0.717, 1.165) is 12.0 Å². The Balaban J connectivity index is 1.94. The van der Waals surface area contributed by atoms with Crippen molar-refractivity contribution < 1.29 is 19.1 Å². The Bertz CT molecular complexity index is 744. The molecule has 0 spiro atoms. The van der Waals surface area contributed by atoms with Gasteiger partial charge in [0.25, 0.3) is 5.91 Å². The fraction of sp³-hybridized carbons (Fsp3) is 0.263. The summed E-state index contributed by atoms with van der Waals surface area (Å²) in [7, 11) is 0. The highest BCUT2D eigenvalue weighted by atomic mass is 35.5. The maximum absolute atomic E-state index is 12.3. The highest BCUT2D eigenvalue weighted by molar-refractivity contribution is 6.31.